The molecule has 0 bridgehead atoms. The van der Waals surface area contributed by atoms with Gasteiger partial charge in [-0.3, -0.25) is 9.89 Å². The molecule has 0 fully saturated rings. The Morgan fingerprint density at radius 2 is 2.00 bits per heavy atom. The van der Waals surface area contributed by atoms with Crippen LogP contribution >= 0.6 is 11.8 Å². The minimum atomic E-state index is -0.268. The molecule has 3 aromatic rings. The molecule has 136 valence electrons. The summed E-state index contributed by atoms with van der Waals surface area (Å²) in [7, 11) is 0. The van der Waals surface area contributed by atoms with Crippen molar-refractivity contribution in [1.82, 2.24) is 15.2 Å². The number of amides is 1. The lowest BCUT2D eigenvalue weighted by molar-refractivity contribution is -0.116. The predicted octanol–water partition coefficient (Wildman–Crippen LogP) is 3.80. The molecule has 0 saturated carbocycles. The van der Waals surface area contributed by atoms with Crippen molar-refractivity contribution in [2.24, 2.45) is 0 Å². The highest BCUT2D eigenvalue weighted by molar-refractivity contribution is 7.99. The van der Waals surface area contributed by atoms with Gasteiger partial charge in [0, 0.05) is 12.2 Å². The molecule has 2 heterocycles. The number of halogens is 1. The van der Waals surface area contributed by atoms with E-state index in [1.54, 1.807) is 18.2 Å². The summed E-state index contributed by atoms with van der Waals surface area (Å²) in [4.78, 5) is 18.7. The van der Waals surface area contributed by atoms with Gasteiger partial charge >= 0.3 is 0 Å². The molecular weight excluding hydrogens is 363 g/mol. The Balaban J connectivity index is 1.34. The topological polar surface area (TPSA) is 61.9 Å². The Kier molecular flexibility index (Phi) is 5.02. The lowest BCUT2D eigenvalue weighted by Crippen LogP contribution is -2.30. The quantitative estimate of drug-likeness (QED) is 0.684. The Hall–Kier alpha value is -2.93. The van der Waals surface area contributed by atoms with Crippen LogP contribution in [-0.4, -0.2) is 33.4 Å². The largest absolute Gasteiger partial charge is 0.311 e. The molecular formula is C20H17FN4OS. The first-order valence-corrected chi connectivity index (χ1v) is 9.55. The first-order chi connectivity index (χ1) is 13.2. The van der Waals surface area contributed by atoms with Crippen LogP contribution in [0.1, 0.15) is 17.0 Å². The number of carbonyl (C=O) groups excluding carboxylic acids is 1. The van der Waals surface area contributed by atoms with Crippen molar-refractivity contribution in [3.63, 3.8) is 0 Å². The van der Waals surface area contributed by atoms with Gasteiger partial charge < -0.3 is 4.90 Å². The minimum Gasteiger partial charge on any atom is -0.311 e. The van der Waals surface area contributed by atoms with Gasteiger partial charge in [-0.2, -0.15) is 0 Å². The summed E-state index contributed by atoms with van der Waals surface area (Å²) in [5, 5.41) is 7.48. The zero-order valence-electron chi connectivity index (χ0n) is 14.4. The molecule has 4 rings (SSSR count). The number of benzene rings is 2. The monoisotopic (exact) mass is 380 g/mol. The fraction of sp³-hybridized carbons (Fsp3) is 0.150. The summed E-state index contributed by atoms with van der Waals surface area (Å²) in [6, 6.07) is 14.2. The van der Waals surface area contributed by atoms with E-state index < -0.39 is 0 Å². The Bertz CT molecular complexity index is 984. The molecule has 2 aromatic carbocycles. The minimum absolute atomic E-state index is 0.0538. The van der Waals surface area contributed by atoms with E-state index in [9.17, 15) is 9.18 Å². The van der Waals surface area contributed by atoms with Gasteiger partial charge in [0.25, 0.3) is 0 Å². The zero-order chi connectivity index (χ0) is 18.6. The Morgan fingerprint density at radius 1 is 1.19 bits per heavy atom. The van der Waals surface area contributed by atoms with Crippen LogP contribution in [-0.2, 0) is 11.2 Å². The summed E-state index contributed by atoms with van der Waals surface area (Å²) in [6.45, 7) is 0.721. The molecule has 1 N–H and O–H groups in total. The number of hydrogen-bond acceptors (Lipinski definition) is 4. The third-order valence-electron chi connectivity index (χ3n) is 4.30. The number of rotatable bonds is 5. The summed E-state index contributed by atoms with van der Waals surface area (Å²) < 4.78 is 12.9. The smallest absolute Gasteiger partial charge is 0.237 e. The van der Waals surface area contributed by atoms with Gasteiger partial charge in [-0.15, -0.1) is 5.10 Å². The van der Waals surface area contributed by atoms with Crippen molar-refractivity contribution < 1.29 is 9.18 Å². The predicted molar refractivity (Wildman–Crippen MR) is 105 cm³/mol. The molecule has 1 aliphatic heterocycles. The fourth-order valence-corrected chi connectivity index (χ4v) is 3.63. The average molecular weight is 380 g/mol. The molecule has 0 aliphatic carbocycles. The molecule has 7 heteroatoms. The van der Waals surface area contributed by atoms with Gasteiger partial charge in [0.15, 0.2) is 0 Å². The highest BCUT2D eigenvalue weighted by Gasteiger charge is 2.24. The number of fused-ring (bicyclic) bond motifs is 1. The number of H-pyrrole nitrogens is 1. The maximum absolute atomic E-state index is 12.9. The van der Waals surface area contributed by atoms with Crippen molar-refractivity contribution in [3.05, 3.63) is 71.3 Å². The number of anilines is 1. The third kappa shape index (κ3) is 4.09. The highest BCUT2D eigenvalue weighted by Crippen LogP contribution is 2.28. The van der Waals surface area contributed by atoms with Crippen LogP contribution in [0.15, 0.2) is 53.7 Å². The Morgan fingerprint density at radius 3 is 2.85 bits per heavy atom. The van der Waals surface area contributed by atoms with Crippen LogP contribution in [0.3, 0.4) is 0 Å². The van der Waals surface area contributed by atoms with E-state index in [1.165, 1.54) is 29.5 Å². The summed E-state index contributed by atoms with van der Waals surface area (Å²) in [5.41, 5.74) is 3.08. The molecule has 1 aliphatic rings. The van der Waals surface area contributed by atoms with Crippen LogP contribution < -0.4 is 4.90 Å². The second-order valence-electron chi connectivity index (χ2n) is 6.10. The molecule has 0 spiro atoms. The maximum atomic E-state index is 12.9. The third-order valence-corrected chi connectivity index (χ3v) is 5.13. The normalized spacial score (nSPS) is 13.3. The van der Waals surface area contributed by atoms with E-state index in [2.05, 4.69) is 21.2 Å². The van der Waals surface area contributed by atoms with Crippen LogP contribution in [0.25, 0.3) is 12.2 Å². The molecule has 1 aromatic heterocycles. The van der Waals surface area contributed by atoms with E-state index in [4.69, 9.17) is 0 Å². The SMILES string of the molecule is O=C(CSc1n[nH]c(/C=C/c2ccc(F)cc2)n1)N1CCc2ccccc21. The van der Waals surface area contributed by atoms with E-state index in [1.807, 2.05) is 29.2 Å². The van der Waals surface area contributed by atoms with Gasteiger partial charge in [-0.1, -0.05) is 48.2 Å². The molecule has 0 atom stereocenters. The van der Waals surface area contributed by atoms with Crippen molar-refractivity contribution in [2.45, 2.75) is 11.6 Å². The number of carbonyl (C=O) groups is 1. The van der Waals surface area contributed by atoms with E-state index in [0.29, 0.717) is 11.0 Å². The van der Waals surface area contributed by atoms with Crippen LogP contribution in [0, 0.1) is 5.82 Å². The number of hydrogen-bond donors (Lipinski definition) is 1. The number of para-hydroxylation sites is 1. The van der Waals surface area contributed by atoms with Crippen LogP contribution in [0.4, 0.5) is 10.1 Å². The molecule has 1 amide bonds. The summed E-state index contributed by atoms with van der Waals surface area (Å²) in [6.07, 6.45) is 4.48. The number of thioether (sulfide) groups is 1. The zero-order valence-corrected chi connectivity index (χ0v) is 15.2. The fourth-order valence-electron chi connectivity index (χ4n) is 2.95. The number of nitrogens with zero attached hydrogens (tertiary/aromatic N) is 3. The standard InChI is InChI=1S/C20H17FN4OS/c21-16-8-5-14(6-9-16)7-10-18-22-20(24-23-18)27-13-19(26)25-12-11-15-3-1-2-4-17(15)25/h1-10H,11-13H2,(H,22,23,24)/b10-7+. The number of aromatic amines is 1. The van der Waals surface area contributed by atoms with Crippen molar-refractivity contribution in [3.8, 4) is 0 Å². The number of aromatic nitrogens is 3. The molecule has 5 nitrogen and oxygen atoms in total. The van der Waals surface area contributed by atoms with Crippen LogP contribution in [0.2, 0.25) is 0 Å². The van der Waals surface area contributed by atoms with Gasteiger partial charge in [-0.25, -0.2) is 9.37 Å². The van der Waals surface area contributed by atoms with Gasteiger partial charge in [-0.05, 0) is 41.8 Å². The van der Waals surface area contributed by atoms with Gasteiger partial charge in [0.1, 0.15) is 11.6 Å². The second kappa shape index (κ2) is 7.75. The van der Waals surface area contributed by atoms with Gasteiger partial charge in [0.05, 0.1) is 5.75 Å². The Labute approximate surface area is 160 Å². The van der Waals surface area contributed by atoms with Crippen LogP contribution in [0.5, 0.6) is 0 Å². The first kappa shape index (κ1) is 17.5. The molecule has 0 radical (unpaired) electrons. The lowest BCUT2D eigenvalue weighted by Gasteiger charge is -2.16. The maximum Gasteiger partial charge on any atom is 0.237 e. The van der Waals surface area contributed by atoms with Gasteiger partial charge in [0.2, 0.25) is 11.1 Å². The highest BCUT2D eigenvalue weighted by atomic mass is 32.2. The molecule has 0 unspecified atom stereocenters. The van der Waals surface area contributed by atoms with E-state index in [-0.39, 0.29) is 17.5 Å². The van der Waals surface area contributed by atoms with Crippen molar-refractivity contribution in [1.29, 1.82) is 0 Å². The number of nitrogens with one attached hydrogen (secondary N) is 1. The molecule has 27 heavy (non-hydrogen) atoms. The summed E-state index contributed by atoms with van der Waals surface area (Å²) in [5.74, 6) is 0.655. The lowest BCUT2D eigenvalue weighted by atomic mass is 10.2. The second-order valence-corrected chi connectivity index (χ2v) is 7.04. The van der Waals surface area contributed by atoms with E-state index in [0.717, 1.165) is 24.2 Å². The van der Waals surface area contributed by atoms with Crippen molar-refractivity contribution >= 4 is 35.5 Å². The van der Waals surface area contributed by atoms with Crippen molar-refractivity contribution in [2.75, 3.05) is 17.2 Å². The summed E-state index contributed by atoms with van der Waals surface area (Å²) >= 11 is 1.31. The average Bonchev–Trinajstić information content (AvgIpc) is 3.32. The van der Waals surface area contributed by atoms with E-state index >= 15 is 0 Å². The molecule has 0 saturated heterocycles. The first-order valence-electron chi connectivity index (χ1n) is 8.56.